The van der Waals surface area contributed by atoms with Crippen molar-refractivity contribution in [2.45, 2.75) is 57.4 Å². The van der Waals surface area contributed by atoms with Gasteiger partial charge >= 0.3 is 0 Å². The molecule has 55 heavy (non-hydrogen) atoms. The number of rotatable bonds is 0. The van der Waals surface area contributed by atoms with Crippen molar-refractivity contribution < 1.29 is 13.6 Å². The third-order valence-corrected chi connectivity index (χ3v) is 13.0. The number of hydrogen-bond donors (Lipinski definition) is 0. The largest absolute Gasteiger partial charge is 0.455 e. The van der Waals surface area contributed by atoms with Gasteiger partial charge < -0.3 is 8.82 Å². The molecule has 0 amide bonds. The lowest BCUT2D eigenvalue weighted by Gasteiger charge is -2.31. The van der Waals surface area contributed by atoms with Gasteiger partial charge in [-0.15, -0.1) is 0 Å². The fraction of sp³-hybridized carbons (Fsp3) is 0.176. The van der Waals surface area contributed by atoms with E-state index in [-0.39, 0.29) is 11.5 Å². The number of hydrogen-bond acceptors (Lipinski definition) is 1. The first kappa shape index (κ1) is 31.1. The van der Waals surface area contributed by atoms with Crippen molar-refractivity contribution in [3.63, 3.8) is 0 Å². The number of para-hydroxylation sites is 1. The van der Waals surface area contributed by atoms with E-state index in [9.17, 15) is 0 Å². The Balaban J connectivity index is 1.18. The van der Waals surface area contributed by atoms with Crippen molar-refractivity contribution in [2.75, 3.05) is 0 Å². The Morgan fingerprint density at radius 2 is 1.49 bits per heavy atom. The van der Waals surface area contributed by atoms with E-state index >= 15 is 0 Å². The molecule has 7 heterocycles. The summed E-state index contributed by atoms with van der Waals surface area (Å²) in [5, 5.41) is 7.35. The minimum Gasteiger partial charge on any atom is -0.455 e. The maximum absolute atomic E-state index is 6.84. The fourth-order valence-electron chi connectivity index (χ4n) is 10.4. The minimum absolute atomic E-state index is 0.0381. The van der Waals surface area contributed by atoms with E-state index in [0.717, 1.165) is 41.5 Å². The molecule has 10 aromatic rings. The third kappa shape index (κ3) is 4.23. The van der Waals surface area contributed by atoms with Crippen molar-refractivity contribution >= 4 is 65.7 Å². The van der Waals surface area contributed by atoms with Crippen molar-refractivity contribution in [3.05, 3.63) is 157 Å². The van der Waals surface area contributed by atoms with Gasteiger partial charge in [-0.1, -0.05) is 63.2 Å². The van der Waals surface area contributed by atoms with Crippen LogP contribution in [0, 0.1) is 0 Å². The molecule has 0 spiro atoms. The second-order valence-electron chi connectivity index (χ2n) is 17.0. The molecule has 2 atom stereocenters. The Kier molecular flexibility index (Phi) is 6.18. The van der Waals surface area contributed by atoms with Gasteiger partial charge in [0.15, 0.2) is 24.1 Å². The molecule has 5 aromatic heterocycles. The van der Waals surface area contributed by atoms with Crippen LogP contribution in [0.2, 0.25) is 0 Å². The lowest BCUT2D eigenvalue weighted by Crippen LogP contribution is -2.49. The van der Waals surface area contributed by atoms with Crippen LogP contribution >= 0.6 is 0 Å². The number of fused-ring (bicyclic) bond motifs is 19. The third-order valence-electron chi connectivity index (χ3n) is 13.0. The zero-order valence-electron chi connectivity index (χ0n) is 31.4. The van der Waals surface area contributed by atoms with Gasteiger partial charge in [0.2, 0.25) is 11.4 Å². The van der Waals surface area contributed by atoms with Crippen LogP contribution in [0.3, 0.4) is 0 Å². The predicted molar refractivity (Wildman–Crippen MR) is 225 cm³/mol. The molecule has 2 unspecified atom stereocenters. The Hall–Kier alpha value is -6.26. The first-order valence-corrected chi connectivity index (χ1v) is 19.7. The smallest absolute Gasteiger partial charge is 0.218 e. The summed E-state index contributed by atoms with van der Waals surface area (Å²) >= 11 is 0. The summed E-state index contributed by atoms with van der Waals surface area (Å²) in [5.41, 5.74) is 16.0. The number of benzene rings is 5. The van der Waals surface area contributed by atoms with Crippen molar-refractivity contribution in [1.82, 2.24) is 4.40 Å². The van der Waals surface area contributed by atoms with E-state index in [1.165, 1.54) is 82.7 Å². The van der Waals surface area contributed by atoms with Crippen LogP contribution in [-0.4, -0.2) is 4.40 Å². The Labute approximate surface area is 319 Å². The average molecular weight is 712 g/mol. The molecular weight excluding hydrogens is 671 g/mol. The Morgan fingerprint density at radius 3 is 2.38 bits per heavy atom. The molecule has 4 heteroatoms. The van der Waals surface area contributed by atoms with Crippen LogP contribution in [-0.2, 0) is 11.8 Å². The molecule has 0 bridgehead atoms. The van der Waals surface area contributed by atoms with Gasteiger partial charge in [-0.05, 0) is 96.1 Å². The normalized spacial score (nSPS) is 17.2. The van der Waals surface area contributed by atoms with Gasteiger partial charge in [0.25, 0.3) is 0 Å². The highest BCUT2D eigenvalue weighted by Gasteiger charge is 2.42. The number of pyridine rings is 2. The SMILES string of the molecule is C=C1CC2C(CCc3cc4c(cc3-c3cccc[n+]31)c1c3oc5ccccc5c3cc3c5cc(C(C)(C)C)ccc5n4c31)c1ccccc1-c1cccc[n+]12. The highest BCUT2D eigenvalue weighted by molar-refractivity contribution is 6.33. The van der Waals surface area contributed by atoms with Crippen molar-refractivity contribution in [2.24, 2.45) is 0 Å². The molecule has 4 nitrogen and oxygen atoms in total. The maximum atomic E-state index is 6.84. The van der Waals surface area contributed by atoms with Gasteiger partial charge in [0, 0.05) is 62.7 Å². The fourth-order valence-corrected chi connectivity index (χ4v) is 10.4. The molecule has 2 aliphatic rings. The first-order chi connectivity index (χ1) is 26.8. The molecule has 0 aliphatic carbocycles. The van der Waals surface area contributed by atoms with Crippen LogP contribution in [0.1, 0.15) is 62.3 Å². The molecule has 0 saturated heterocycles. The van der Waals surface area contributed by atoms with Gasteiger partial charge in [0.1, 0.15) is 11.2 Å². The number of aromatic nitrogens is 3. The summed E-state index contributed by atoms with van der Waals surface area (Å²) in [5.74, 6) is 0.335. The topological polar surface area (TPSA) is 25.3 Å². The number of nitrogens with zero attached hydrogens (tertiary/aromatic N) is 3. The second kappa shape index (κ2) is 10.9. The molecule has 2 aliphatic heterocycles. The van der Waals surface area contributed by atoms with E-state index < -0.39 is 0 Å². The quantitative estimate of drug-likeness (QED) is 0.144. The predicted octanol–water partition coefficient (Wildman–Crippen LogP) is 12.1. The molecule has 0 saturated carbocycles. The Bertz CT molecular complexity index is 3260. The summed E-state index contributed by atoms with van der Waals surface area (Å²) in [6.07, 6.45) is 7.33. The molecule has 264 valence electrons. The lowest BCUT2D eigenvalue weighted by molar-refractivity contribution is -0.720. The highest BCUT2D eigenvalue weighted by Crippen LogP contribution is 2.49. The number of furan rings is 1. The summed E-state index contributed by atoms with van der Waals surface area (Å²) in [6, 6.07) is 45.6. The molecule has 0 radical (unpaired) electrons. The van der Waals surface area contributed by atoms with Crippen LogP contribution in [0.4, 0.5) is 0 Å². The molecular formula is C51H41N3O+2. The molecule has 12 rings (SSSR count). The van der Waals surface area contributed by atoms with Crippen LogP contribution in [0.25, 0.3) is 88.2 Å². The van der Waals surface area contributed by atoms with Gasteiger partial charge in [-0.3, -0.25) is 0 Å². The highest BCUT2D eigenvalue weighted by atomic mass is 16.3. The molecule has 0 fully saturated rings. The van der Waals surface area contributed by atoms with Gasteiger partial charge in [-0.25, -0.2) is 0 Å². The Morgan fingerprint density at radius 1 is 0.691 bits per heavy atom. The molecule has 5 aromatic carbocycles. The van der Waals surface area contributed by atoms with E-state index in [2.05, 4.69) is 168 Å². The lowest BCUT2D eigenvalue weighted by atomic mass is 9.77. The summed E-state index contributed by atoms with van der Waals surface area (Å²) in [7, 11) is 0. The zero-order valence-corrected chi connectivity index (χ0v) is 31.4. The van der Waals surface area contributed by atoms with Crippen LogP contribution in [0.5, 0.6) is 0 Å². The number of allylic oxidation sites excluding steroid dienone is 1. The average Bonchev–Trinajstić information content (AvgIpc) is 3.85. The summed E-state index contributed by atoms with van der Waals surface area (Å²) < 4.78 is 14.3. The van der Waals surface area contributed by atoms with Crippen LogP contribution in [0.15, 0.2) is 145 Å². The van der Waals surface area contributed by atoms with E-state index in [4.69, 9.17) is 11.0 Å². The number of aryl methyl sites for hydroxylation is 1. The second-order valence-corrected chi connectivity index (χ2v) is 17.0. The maximum Gasteiger partial charge on any atom is 0.218 e. The minimum atomic E-state index is 0.0381. The summed E-state index contributed by atoms with van der Waals surface area (Å²) in [6.45, 7) is 11.7. The zero-order chi connectivity index (χ0) is 36.7. The van der Waals surface area contributed by atoms with E-state index in [1.54, 1.807) is 0 Å². The molecule has 0 N–H and O–H groups in total. The van der Waals surface area contributed by atoms with Crippen molar-refractivity contribution in [3.8, 4) is 22.5 Å². The van der Waals surface area contributed by atoms with Gasteiger partial charge in [0.05, 0.1) is 33.9 Å². The van der Waals surface area contributed by atoms with Gasteiger partial charge in [-0.2, -0.15) is 9.13 Å². The van der Waals surface area contributed by atoms with Crippen LogP contribution < -0.4 is 9.13 Å². The van der Waals surface area contributed by atoms with Crippen molar-refractivity contribution in [1.29, 1.82) is 0 Å². The first-order valence-electron chi connectivity index (χ1n) is 19.7. The monoisotopic (exact) mass is 711 g/mol. The standard InChI is InChI=1S/C51H41N3O/c1-30-25-45-35(33-13-5-6-14-34(33)42-16-10-12-24-53(42)45)21-19-31-26-46-41(28-37(31)43-17-9-11-23-52(30)43)48-49-39(29-40-36-15-7-8-18-47(36)55-50(40)48)38-27-32(51(2,3)4)20-22-44(38)54(46)49/h5-18,20,22-24,26-29,35,45H,1,19,21,25H2,2-4H3/q+2. The van der Waals surface area contributed by atoms with E-state index in [1.807, 2.05) is 0 Å². The van der Waals surface area contributed by atoms with E-state index in [0.29, 0.717) is 5.92 Å². The summed E-state index contributed by atoms with van der Waals surface area (Å²) in [4.78, 5) is 0.